The first kappa shape index (κ1) is 11.8. The Labute approximate surface area is 93.6 Å². The smallest absolute Gasteiger partial charge is 0.0624 e. The van der Waals surface area contributed by atoms with Crippen molar-refractivity contribution in [2.45, 2.75) is 19.4 Å². The molecule has 0 aliphatic rings. The van der Waals surface area contributed by atoms with Crippen LogP contribution in [0.15, 0.2) is 12.1 Å². The highest BCUT2D eigenvalue weighted by Gasteiger charge is 2.11. The summed E-state index contributed by atoms with van der Waals surface area (Å²) in [6, 6.07) is 3.14. The predicted octanol–water partition coefficient (Wildman–Crippen LogP) is 2.55. The van der Waals surface area contributed by atoms with Gasteiger partial charge in [0.15, 0.2) is 0 Å². The molecule has 0 heterocycles. The van der Waals surface area contributed by atoms with Gasteiger partial charge in [-0.3, -0.25) is 0 Å². The second-order valence-corrected chi connectivity index (χ2v) is 3.92. The van der Waals surface area contributed by atoms with E-state index in [-0.39, 0.29) is 12.6 Å². The Morgan fingerprint density at radius 1 is 1.36 bits per heavy atom. The topological polar surface area (TPSA) is 46.2 Å². The molecule has 0 amide bonds. The molecular formula is C10H13Cl2NO. The highest BCUT2D eigenvalue weighted by molar-refractivity contribution is 6.42. The lowest BCUT2D eigenvalue weighted by Gasteiger charge is -2.14. The van der Waals surface area contributed by atoms with Crippen molar-refractivity contribution in [1.29, 1.82) is 0 Å². The van der Waals surface area contributed by atoms with E-state index >= 15 is 0 Å². The minimum atomic E-state index is -0.389. The highest BCUT2D eigenvalue weighted by atomic mass is 35.5. The number of halogens is 2. The lowest BCUT2D eigenvalue weighted by molar-refractivity contribution is 0.267. The van der Waals surface area contributed by atoms with E-state index < -0.39 is 0 Å². The zero-order chi connectivity index (χ0) is 10.7. The normalized spacial score (nSPS) is 12.9. The largest absolute Gasteiger partial charge is 0.394 e. The molecule has 0 aromatic heterocycles. The van der Waals surface area contributed by atoms with Crippen LogP contribution in [0.3, 0.4) is 0 Å². The first-order valence-electron chi connectivity index (χ1n) is 4.44. The summed E-state index contributed by atoms with van der Waals surface area (Å²) in [5.41, 5.74) is 7.63. The monoisotopic (exact) mass is 233 g/mol. The van der Waals surface area contributed by atoms with Gasteiger partial charge in [0.1, 0.15) is 0 Å². The van der Waals surface area contributed by atoms with E-state index in [9.17, 15) is 0 Å². The second kappa shape index (κ2) is 4.99. The molecule has 78 valence electrons. The Morgan fingerprint density at radius 3 is 2.43 bits per heavy atom. The summed E-state index contributed by atoms with van der Waals surface area (Å²) in [5, 5.41) is 9.97. The Morgan fingerprint density at radius 2 is 1.93 bits per heavy atom. The van der Waals surface area contributed by atoms with Crippen LogP contribution in [-0.4, -0.2) is 11.7 Å². The molecule has 0 aliphatic carbocycles. The average molecular weight is 234 g/mol. The minimum absolute atomic E-state index is 0.0923. The molecule has 0 radical (unpaired) electrons. The molecule has 0 saturated heterocycles. The SMILES string of the molecule is CCc1cc(Cl)c(Cl)cc1C(N)CO. The molecule has 14 heavy (non-hydrogen) atoms. The summed E-state index contributed by atoms with van der Waals surface area (Å²) in [6.45, 7) is 1.91. The van der Waals surface area contributed by atoms with Gasteiger partial charge >= 0.3 is 0 Å². The van der Waals surface area contributed by atoms with Crippen LogP contribution in [-0.2, 0) is 6.42 Å². The van der Waals surface area contributed by atoms with Gasteiger partial charge in [-0.2, -0.15) is 0 Å². The van der Waals surface area contributed by atoms with Crippen LogP contribution in [0.1, 0.15) is 24.1 Å². The van der Waals surface area contributed by atoms with E-state index in [2.05, 4.69) is 0 Å². The van der Waals surface area contributed by atoms with Gasteiger partial charge in [0.05, 0.1) is 22.7 Å². The van der Waals surface area contributed by atoms with Crippen LogP contribution in [0.2, 0.25) is 10.0 Å². The number of rotatable bonds is 3. The third kappa shape index (κ3) is 2.39. The lowest BCUT2D eigenvalue weighted by atomic mass is 9.99. The van der Waals surface area contributed by atoms with E-state index in [1.54, 1.807) is 12.1 Å². The maximum atomic E-state index is 8.97. The van der Waals surface area contributed by atoms with Crippen LogP contribution in [0.25, 0.3) is 0 Å². The lowest BCUT2D eigenvalue weighted by Crippen LogP contribution is -2.16. The Hall–Kier alpha value is -0.280. The predicted molar refractivity (Wildman–Crippen MR) is 59.9 cm³/mol. The number of hydrogen-bond acceptors (Lipinski definition) is 2. The zero-order valence-corrected chi connectivity index (χ0v) is 9.44. The summed E-state index contributed by atoms with van der Waals surface area (Å²) < 4.78 is 0. The second-order valence-electron chi connectivity index (χ2n) is 3.11. The molecule has 0 fully saturated rings. The number of aryl methyl sites for hydroxylation is 1. The standard InChI is InChI=1S/C10H13Cl2NO/c1-2-6-3-8(11)9(12)4-7(6)10(13)5-14/h3-4,10,14H,2,5,13H2,1H3. The van der Waals surface area contributed by atoms with Crippen molar-refractivity contribution >= 4 is 23.2 Å². The minimum Gasteiger partial charge on any atom is -0.394 e. The first-order valence-corrected chi connectivity index (χ1v) is 5.20. The Kier molecular flexibility index (Phi) is 4.20. The molecule has 1 aromatic rings. The van der Waals surface area contributed by atoms with Crippen LogP contribution in [0.5, 0.6) is 0 Å². The first-order chi connectivity index (χ1) is 6.60. The summed E-state index contributed by atoms with van der Waals surface area (Å²) in [5.74, 6) is 0. The number of aliphatic hydroxyl groups is 1. The van der Waals surface area contributed by atoms with Crippen molar-refractivity contribution in [2.75, 3.05) is 6.61 Å². The van der Waals surface area contributed by atoms with E-state index in [1.807, 2.05) is 6.92 Å². The molecule has 0 bridgehead atoms. The molecule has 1 aromatic carbocycles. The van der Waals surface area contributed by atoms with Gasteiger partial charge in [0, 0.05) is 0 Å². The van der Waals surface area contributed by atoms with Gasteiger partial charge in [-0.1, -0.05) is 30.1 Å². The van der Waals surface area contributed by atoms with Gasteiger partial charge in [-0.25, -0.2) is 0 Å². The maximum absolute atomic E-state index is 8.97. The zero-order valence-electron chi connectivity index (χ0n) is 7.93. The molecule has 1 unspecified atom stereocenters. The van der Waals surface area contributed by atoms with Crippen molar-refractivity contribution in [3.63, 3.8) is 0 Å². The van der Waals surface area contributed by atoms with E-state index in [0.29, 0.717) is 10.0 Å². The van der Waals surface area contributed by atoms with Crippen molar-refractivity contribution in [1.82, 2.24) is 0 Å². The van der Waals surface area contributed by atoms with Crippen LogP contribution in [0.4, 0.5) is 0 Å². The van der Waals surface area contributed by atoms with Gasteiger partial charge in [0.25, 0.3) is 0 Å². The van der Waals surface area contributed by atoms with Crippen molar-refractivity contribution in [3.05, 3.63) is 33.3 Å². The molecule has 1 atom stereocenters. The van der Waals surface area contributed by atoms with E-state index in [0.717, 1.165) is 17.5 Å². The average Bonchev–Trinajstić information content (AvgIpc) is 2.20. The van der Waals surface area contributed by atoms with Gasteiger partial charge < -0.3 is 10.8 Å². The van der Waals surface area contributed by atoms with Crippen molar-refractivity contribution in [3.8, 4) is 0 Å². The summed E-state index contributed by atoms with van der Waals surface area (Å²) in [7, 11) is 0. The highest BCUT2D eigenvalue weighted by Crippen LogP contribution is 2.28. The van der Waals surface area contributed by atoms with E-state index in [4.69, 9.17) is 34.0 Å². The van der Waals surface area contributed by atoms with E-state index in [1.165, 1.54) is 0 Å². The number of benzene rings is 1. The number of aliphatic hydroxyl groups excluding tert-OH is 1. The Balaban J connectivity index is 3.19. The summed E-state index contributed by atoms with van der Waals surface area (Å²) in [4.78, 5) is 0. The Bertz CT molecular complexity index is 328. The molecule has 3 N–H and O–H groups in total. The molecule has 0 aliphatic heterocycles. The summed E-state index contributed by atoms with van der Waals surface area (Å²) >= 11 is 11.8. The number of hydrogen-bond donors (Lipinski definition) is 2. The summed E-state index contributed by atoms with van der Waals surface area (Å²) in [6.07, 6.45) is 0.819. The molecular weight excluding hydrogens is 221 g/mol. The van der Waals surface area contributed by atoms with Crippen LogP contribution < -0.4 is 5.73 Å². The third-order valence-corrected chi connectivity index (χ3v) is 2.88. The van der Waals surface area contributed by atoms with Gasteiger partial charge in [0.2, 0.25) is 0 Å². The van der Waals surface area contributed by atoms with Crippen LogP contribution in [0, 0.1) is 0 Å². The fourth-order valence-electron chi connectivity index (χ4n) is 1.35. The molecule has 2 nitrogen and oxygen atoms in total. The molecule has 0 spiro atoms. The quantitative estimate of drug-likeness (QED) is 0.844. The van der Waals surface area contributed by atoms with Gasteiger partial charge in [-0.15, -0.1) is 0 Å². The van der Waals surface area contributed by atoms with Gasteiger partial charge in [-0.05, 0) is 29.7 Å². The third-order valence-electron chi connectivity index (χ3n) is 2.16. The van der Waals surface area contributed by atoms with Crippen molar-refractivity contribution in [2.24, 2.45) is 5.73 Å². The maximum Gasteiger partial charge on any atom is 0.0624 e. The molecule has 1 rings (SSSR count). The fourth-order valence-corrected chi connectivity index (χ4v) is 1.71. The number of nitrogens with two attached hydrogens (primary N) is 1. The fraction of sp³-hybridized carbons (Fsp3) is 0.400. The van der Waals surface area contributed by atoms with Crippen molar-refractivity contribution < 1.29 is 5.11 Å². The molecule has 4 heteroatoms. The van der Waals surface area contributed by atoms with Crippen LogP contribution >= 0.6 is 23.2 Å². The molecule has 0 saturated carbocycles.